The standard InChI is InChI=1S/C20H32N8O2.HI/c1-3-21-19(26-11-12-30-17(15-26)16-13-23-25(2)14-16)22-8-6-10-28-20(29)27-9-5-4-7-18(27)24-28;/h13-14,17H,3-12,15H2,1-2H3,(H,21,22);1H. The van der Waals surface area contributed by atoms with Crippen LogP contribution < -0.4 is 11.0 Å². The smallest absolute Gasteiger partial charge is 0.345 e. The van der Waals surface area contributed by atoms with Crippen molar-refractivity contribution < 1.29 is 4.74 Å². The maximum absolute atomic E-state index is 12.5. The summed E-state index contributed by atoms with van der Waals surface area (Å²) in [6, 6.07) is 0. The van der Waals surface area contributed by atoms with Gasteiger partial charge < -0.3 is 15.0 Å². The Morgan fingerprint density at radius 2 is 2.23 bits per heavy atom. The Morgan fingerprint density at radius 1 is 1.35 bits per heavy atom. The van der Waals surface area contributed by atoms with Crippen LogP contribution >= 0.6 is 24.0 Å². The van der Waals surface area contributed by atoms with Crippen LogP contribution in [-0.4, -0.2) is 67.8 Å². The van der Waals surface area contributed by atoms with E-state index < -0.39 is 0 Å². The zero-order chi connectivity index (χ0) is 20.9. The van der Waals surface area contributed by atoms with Crippen molar-refractivity contribution >= 4 is 29.9 Å². The number of hydrogen-bond acceptors (Lipinski definition) is 5. The van der Waals surface area contributed by atoms with Crippen molar-refractivity contribution in [3.8, 4) is 0 Å². The number of nitrogens with one attached hydrogen (secondary N) is 1. The van der Waals surface area contributed by atoms with E-state index in [1.807, 2.05) is 24.0 Å². The molecule has 0 aromatic carbocycles. The fraction of sp³-hybridized carbons (Fsp3) is 0.700. The third-order valence-electron chi connectivity index (χ3n) is 5.62. The zero-order valence-corrected chi connectivity index (χ0v) is 20.7. The van der Waals surface area contributed by atoms with Gasteiger partial charge in [-0.3, -0.25) is 14.2 Å². The average molecular weight is 544 g/mol. The molecule has 2 aliphatic rings. The van der Waals surface area contributed by atoms with Crippen molar-refractivity contribution in [1.29, 1.82) is 0 Å². The average Bonchev–Trinajstić information content (AvgIpc) is 3.34. The zero-order valence-electron chi connectivity index (χ0n) is 18.4. The first kappa shape index (κ1) is 23.8. The van der Waals surface area contributed by atoms with Crippen LogP contribution in [0.15, 0.2) is 22.2 Å². The predicted molar refractivity (Wildman–Crippen MR) is 129 cm³/mol. The molecule has 2 aromatic rings. The molecule has 1 unspecified atom stereocenters. The van der Waals surface area contributed by atoms with Crippen LogP contribution in [0.4, 0.5) is 0 Å². The van der Waals surface area contributed by atoms with Gasteiger partial charge in [0.2, 0.25) is 0 Å². The van der Waals surface area contributed by atoms with Crippen LogP contribution in [0, 0.1) is 0 Å². The summed E-state index contributed by atoms with van der Waals surface area (Å²) in [5.74, 6) is 1.82. The Morgan fingerprint density at radius 3 is 2.97 bits per heavy atom. The summed E-state index contributed by atoms with van der Waals surface area (Å²) >= 11 is 0. The number of fused-ring (bicyclic) bond motifs is 1. The molecule has 0 spiro atoms. The molecule has 0 amide bonds. The van der Waals surface area contributed by atoms with Crippen LogP contribution in [-0.2, 0) is 31.3 Å². The van der Waals surface area contributed by atoms with Crippen LogP contribution in [0.5, 0.6) is 0 Å². The molecule has 172 valence electrons. The largest absolute Gasteiger partial charge is 0.370 e. The number of aryl methyl sites for hydroxylation is 3. The Bertz CT molecular complexity index is 934. The van der Waals surface area contributed by atoms with Gasteiger partial charge in [0.05, 0.1) is 19.3 Å². The van der Waals surface area contributed by atoms with E-state index in [9.17, 15) is 4.79 Å². The number of morpholine rings is 1. The van der Waals surface area contributed by atoms with Gasteiger partial charge in [-0.05, 0) is 26.2 Å². The molecular weight excluding hydrogens is 511 g/mol. The third kappa shape index (κ3) is 5.68. The summed E-state index contributed by atoms with van der Waals surface area (Å²) < 4.78 is 11.2. The molecule has 0 bridgehead atoms. The molecule has 1 saturated heterocycles. The highest BCUT2D eigenvalue weighted by atomic mass is 127. The summed E-state index contributed by atoms with van der Waals surface area (Å²) in [5, 5.41) is 12.2. The van der Waals surface area contributed by atoms with Gasteiger partial charge in [-0.15, -0.1) is 24.0 Å². The molecule has 1 fully saturated rings. The molecule has 1 N–H and O–H groups in total. The normalized spacial score (nSPS) is 19.1. The second-order valence-corrected chi connectivity index (χ2v) is 7.87. The van der Waals surface area contributed by atoms with Crippen LogP contribution in [0.2, 0.25) is 0 Å². The molecule has 0 radical (unpaired) electrons. The van der Waals surface area contributed by atoms with Crippen LogP contribution in [0.1, 0.15) is 43.7 Å². The lowest BCUT2D eigenvalue weighted by molar-refractivity contribution is -0.00804. The second kappa shape index (κ2) is 11.1. The molecule has 2 aliphatic heterocycles. The van der Waals surface area contributed by atoms with E-state index in [0.717, 1.165) is 69.2 Å². The van der Waals surface area contributed by atoms with E-state index in [2.05, 4.69) is 27.3 Å². The second-order valence-electron chi connectivity index (χ2n) is 7.87. The van der Waals surface area contributed by atoms with Gasteiger partial charge in [0.25, 0.3) is 0 Å². The van der Waals surface area contributed by atoms with Crippen molar-refractivity contribution in [2.24, 2.45) is 12.0 Å². The maximum Gasteiger partial charge on any atom is 0.345 e. The molecule has 4 rings (SSSR count). The first-order valence-electron chi connectivity index (χ1n) is 11.0. The van der Waals surface area contributed by atoms with E-state index in [1.165, 1.54) is 0 Å². The quantitative estimate of drug-likeness (QED) is 0.254. The van der Waals surface area contributed by atoms with E-state index in [1.54, 1.807) is 9.36 Å². The number of ether oxygens (including phenoxy) is 1. The number of nitrogens with zero attached hydrogens (tertiary/aromatic N) is 7. The van der Waals surface area contributed by atoms with Crippen LogP contribution in [0.3, 0.4) is 0 Å². The summed E-state index contributed by atoms with van der Waals surface area (Å²) in [5.41, 5.74) is 1.11. The van der Waals surface area contributed by atoms with Gasteiger partial charge in [0.1, 0.15) is 11.9 Å². The molecular formula is C20H33IN8O2. The lowest BCUT2D eigenvalue weighted by Crippen LogP contribution is -2.48. The van der Waals surface area contributed by atoms with Gasteiger partial charge in [0.15, 0.2) is 5.96 Å². The topological polar surface area (TPSA) is 94.5 Å². The van der Waals surface area contributed by atoms with Crippen molar-refractivity contribution in [2.45, 2.75) is 51.8 Å². The Balaban J connectivity index is 0.00000272. The maximum atomic E-state index is 12.5. The Labute approximate surface area is 199 Å². The first-order chi connectivity index (χ1) is 14.7. The fourth-order valence-electron chi connectivity index (χ4n) is 4.08. The van der Waals surface area contributed by atoms with Crippen molar-refractivity contribution in [3.63, 3.8) is 0 Å². The lowest BCUT2D eigenvalue weighted by Gasteiger charge is -2.34. The monoisotopic (exact) mass is 544 g/mol. The van der Waals surface area contributed by atoms with E-state index in [-0.39, 0.29) is 35.8 Å². The predicted octanol–water partition coefficient (Wildman–Crippen LogP) is 1.16. The summed E-state index contributed by atoms with van der Waals surface area (Å²) in [4.78, 5) is 19.5. The highest BCUT2D eigenvalue weighted by molar-refractivity contribution is 14.0. The fourth-order valence-corrected chi connectivity index (χ4v) is 4.08. The summed E-state index contributed by atoms with van der Waals surface area (Å²) in [7, 11) is 1.91. The number of aromatic nitrogens is 5. The summed E-state index contributed by atoms with van der Waals surface area (Å²) in [6.07, 6.45) is 7.72. The minimum atomic E-state index is -0.00764. The SMILES string of the molecule is CCNC(=NCCCn1nc2n(c1=O)CCCC2)N1CCOC(c2cnn(C)c2)C1.I. The third-order valence-corrected chi connectivity index (χ3v) is 5.62. The molecule has 0 aliphatic carbocycles. The first-order valence-corrected chi connectivity index (χ1v) is 11.0. The molecule has 10 nitrogen and oxygen atoms in total. The van der Waals surface area contributed by atoms with Gasteiger partial charge >= 0.3 is 5.69 Å². The molecule has 0 saturated carbocycles. The van der Waals surface area contributed by atoms with E-state index in [0.29, 0.717) is 19.7 Å². The number of rotatable bonds is 6. The van der Waals surface area contributed by atoms with Gasteiger partial charge in [-0.25, -0.2) is 9.48 Å². The van der Waals surface area contributed by atoms with Gasteiger partial charge in [-0.2, -0.15) is 10.2 Å². The minimum Gasteiger partial charge on any atom is -0.370 e. The number of halogens is 1. The van der Waals surface area contributed by atoms with Crippen molar-refractivity contribution in [3.05, 3.63) is 34.3 Å². The number of aliphatic imine (C=N–C) groups is 1. The minimum absolute atomic E-state index is 0. The van der Waals surface area contributed by atoms with E-state index in [4.69, 9.17) is 9.73 Å². The van der Waals surface area contributed by atoms with Crippen molar-refractivity contribution in [2.75, 3.05) is 32.8 Å². The number of guanidine groups is 1. The van der Waals surface area contributed by atoms with Gasteiger partial charge in [0, 0.05) is 58.0 Å². The molecule has 11 heteroatoms. The lowest BCUT2D eigenvalue weighted by atomic mass is 10.1. The van der Waals surface area contributed by atoms with Gasteiger partial charge in [-0.1, -0.05) is 0 Å². The highest BCUT2D eigenvalue weighted by Gasteiger charge is 2.25. The number of hydrogen-bond donors (Lipinski definition) is 1. The molecule has 1 atom stereocenters. The Hall–Kier alpha value is -1.89. The highest BCUT2D eigenvalue weighted by Crippen LogP contribution is 2.21. The molecule has 2 aromatic heterocycles. The van der Waals surface area contributed by atoms with Crippen molar-refractivity contribution in [1.82, 2.24) is 34.3 Å². The molecule has 4 heterocycles. The Kier molecular flexibility index (Phi) is 8.52. The molecule has 31 heavy (non-hydrogen) atoms. The van der Waals surface area contributed by atoms with E-state index >= 15 is 0 Å². The summed E-state index contributed by atoms with van der Waals surface area (Å²) in [6.45, 7) is 7.12. The van der Waals surface area contributed by atoms with Crippen LogP contribution in [0.25, 0.3) is 0 Å².